The van der Waals surface area contributed by atoms with Gasteiger partial charge in [-0.1, -0.05) is 30.3 Å². The zero-order valence-corrected chi connectivity index (χ0v) is 17.0. The molecule has 29 heavy (non-hydrogen) atoms. The summed E-state index contributed by atoms with van der Waals surface area (Å²) in [4.78, 5) is 51.4. The van der Waals surface area contributed by atoms with Gasteiger partial charge in [0, 0.05) is 0 Å². The van der Waals surface area contributed by atoms with E-state index in [0.29, 0.717) is 4.90 Å². The van der Waals surface area contributed by atoms with E-state index in [1.165, 1.54) is 0 Å². The second-order valence-corrected chi connectivity index (χ2v) is 7.43. The highest BCUT2D eigenvalue weighted by atomic mass is 16.6. The van der Waals surface area contributed by atoms with Crippen LogP contribution in [-0.2, 0) is 30.4 Å². The lowest BCUT2D eigenvalue weighted by Crippen LogP contribution is -2.46. The van der Waals surface area contributed by atoms with Crippen molar-refractivity contribution >= 4 is 24.1 Å². The number of benzene rings is 1. The van der Waals surface area contributed by atoms with Gasteiger partial charge in [-0.3, -0.25) is 4.79 Å². The number of amides is 3. The van der Waals surface area contributed by atoms with E-state index < -0.39 is 35.7 Å². The van der Waals surface area contributed by atoms with Gasteiger partial charge in [-0.2, -0.15) is 0 Å². The van der Waals surface area contributed by atoms with Gasteiger partial charge in [0.1, 0.15) is 18.8 Å². The Bertz CT molecular complexity index is 758. The standard InChI is InChI=1S/C20H26N2O7/c1-5-27-16(23)12-21-11-15(17(24)29-20(2,3)4)22(18(21)25)19(26)28-13-14-9-7-6-8-10-14/h6-10,15H,5,11-13H2,1-4H3/t15-/m0/s1. The quantitative estimate of drug-likeness (QED) is 0.528. The predicted molar refractivity (Wildman–Crippen MR) is 102 cm³/mol. The highest BCUT2D eigenvalue weighted by Gasteiger charge is 2.48. The van der Waals surface area contributed by atoms with Crippen LogP contribution in [0.15, 0.2) is 30.3 Å². The van der Waals surface area contributed by atoms with Crippen molar-refractivity contribution in [3.05, 3.63) is 35.9 Å². The van der Waals surface area contributed by atoms with Crippen molar-refractivity contribution in [2.75, 3.05) is 19.7 Å². The summed E-state index contributed by atoms with van der Waals surface area (Å²) in [6, 6.07) is 6.88. The van der Waals surface area contributed by atoms with Gasteiger partial charge in [-0.05, 0) is 33.3 Å². The number of urea groups is 1. The summed E-state index contributed by atoms with van der Waals surface area (Å²) < 4.78 is 15.4. The number of ether oxygens (including phenoxy) is 3. The maximum absolute atomic E-state index is 12.7. The van der Waals surface area contributed by atoms with Gasteiger partial charge in [0.2, 0.25) is 0 Å². The Balaban J connectivity index is 2.15. The van der Waals surface area contributed by atoms with E-state index in [2.05, 4.69) is 0 Å². The minimum absolute atomic E-state index is 0.0671. The lowest BCUT2D eigenvalue weighted by Gasteiger charge is -2.24. The molecule has 9 heteroatoms. The van der Waals surface area contributed by atoms with Crippen molar-refractivity contribution in [2.45, 2.75) is 45.9 Å². The molecule has 0 bridgehead atoms. The molecule has 0 radical (unpaired) electrons. The summed E-state index contributed by atoms with van der Waals surface area (Å²) in [6.07, 6.45) is -0.985. The zero-order valence-electron chi connectivity index (χ0n) is 17.0. The maximum Gasteiger partial charge on any atom is 0.419 e. The first-order valence-electron chi connectivity index (χ1n) is 9.29. The molecule has 3 amide bonds. The molecule has 1 fully saturated rings. The lowest BCUT2D eigenvalue weighted by molar-refractivity contribution is -0.159. The van der Waals surface area contributed by atoms with E-state index in [-0.39, 0.29) is 26.3 Å². The van der Waals surface area contributed by atoms with E-state index in [9.17, 15) is 19.2 Å². The van der Waals surface area contributed by atoms with Crippen molar-refractivity contribution in [3.63, 3.8) is 0 Å². The molecule has 0 spiro atoms. The normalized spacial score (nSPS) is 16.6. The molecule has 158 valence electrons. The van der Waals surface area contributed by atoms with E-state index in [4.69, 9.17) is 14.2 Å². The Morgan fingerprint density at radius 3 is 2.34 bits per heavy atom. The van der Waals surface area contributed by atoms with Gasteiger partial charge in [0.15, 0.2) is 6.04 Å². The average molecular weight is 406 g/mol. The van der Waals surface area contributed by atoms with Crippen LogP contribution in [-0.4, -0.2) is 65.2 Å². The lowest BCUT2D eigenvalue weighted by atomic mass is 10.2. The summed E-state index contributed by atoms with van der Waals surface area (Å²) in [6.45, 7) is 6.19. The minimum Gasteiger partial charge on any atom is -0.465 e. The molecule has 1 aromatic carbocycles. The van der Waals surface area contributed by atoms with Crippen LogP contribution in [0.1, 0.15) is 33.3 Å². The molecule has 2 rings (SSSR count). The van der Waals surface area contributed by atoms with E-state index in [1.807, 2.05) is 6.07 Å². The fourth-order valence-electron chi connectivity index (χ4n) is 2.69. The van der Waals surface area contributed by atoms with Crippen molar-refractivity contribution in [2.24, 2.45) is 0 Å². The summed E-state index contributed by atoms with van der Waals surface area (Å²) in [7, 11) is 0. The first kappa shape index (κ1) is 22.2. The molecular formula is C20H26N2O7. The van der Waals surface area contributed by atoms with Gasteiger partial charge < -0.3 is 19.1 Å². The highest BCUT2D eigenvalue weighted by Crippen LogP contribution is 2.21. The molecule has 0 N–H and O–H groups in total. The van der Waals surface area contributed by atoms with Crippen LogP contribution in [0.2, 0.25) is 0 Å². The van der Waals surface area contributed by atoms with Crippen LogP contribution in [0.5, 0.6) is 0 Å². The van der Waals surface area contributed by atoms with Gasteiger partial charge in [0.05, 0.1) is 13.2 Å². The summed E-state index contributed by atoms with van der Waals surface area (Å²) in [5.41, 5.74) is -0.0846. The van der Waals surface area contributed by atoms with Crippen LogP contribution in [0.3, 0.4) is 0 Å². The van der Waals surface area contributed by atoms with Crippen molar-refractivity contribution < 1.29 is 33.4 Å². The fraction of sp³-hybridized carbons (Fsp3) is 0.500. The number of hydrogen-bond acceptors (Lipinski definition) is 7. The molecule has 1 saturated heterocycles. The molecule has 9 nitrogen and oxygen atoms in total. The Kier molecular flexibility index (Phi) is 7.19. The number of carbonyl (C=O) groups excluding carboxylic acids is 4. The zero-order chi connectivity index (χ0) is 21.6. The number of carbonyl (C=O) groups is 4. The molecule has 0 unspecified atom stereocenters. The molecule has 1 heterocycles. The Labute approximate surface area is 169 Å². The molecule has 1 aromatic rings. The Morgan fingerprint density at radius 2 is 1.76 bits per heavy atom. The van der Waals surface area contributed by atoms with Gasteiger partial charge in [-0.25, -0.2) is 19.3 Å². The van der Waals surface area contributed by atoms with Crippen LogP contribution < -0.4 is 0 Å². The highest BCUT2D eigenvalue weighted by molar-refractivity contribution is 5.99. The molecule has 0 aromatic heterocycles. The minimum atomic E-state index is -1.22. The second kappa shape index (κ2) is 9.40. The topological polar surface area (TPSA) is 102 Å². The Hall–Kier alpha value is -3.10. The molecule has 0 aliphatic carbocycles. The molecular weight excluding hydrogens is 380 g/mol. The van der Waals surface area contributed by atoms with Gasteiger partial charge in [0.25, 0.3) is 0 Å². The maximum atomic E-state index is 12.7. The smallest absolute Gasteiger partial charge is 0.419 e. The third-order valence-electron chi connectivity index (χ3n) is 3.89. The molecule has 1 atom stereocenters. The van der Waals surface area contributed by atoms with Crippen LogP contribution in [0.25, 0.3) is 0 Å². The average Bonchev–Trinajstić information content (AvgIpc) is 2.96. The summed E-state index contributed by atoms with van der Waals surface area (Å²) >= 11 is 0. The van der Waals surface area contributed by atoms with Gasteiger partial charge in [-0.15, -0.1) is 0 Å². The number of nitrogens with zero attached hydrogens (tertiary/aromatic N) is 2. The SMILES string of the molecule is CCOC(=O)CN1C[C@@H](C(=O)OC(C)(C)C)N(C(=O)OCc2ccccc2)C1=O. The van der Waals surface area contributed by atoms with E-state index >= 15 is 0 Å². The summed E-state index contributed by atoms with van der Waals surface area (Å²) in [5.74, 6) is -1.39. The first-order valence-corrected chi connectivity index (χ1v) is 9.29. The molecule has 1 aliphatic rings. The number of rotatable bonds is 6. The predicted octanol–water partition coefficient (Wildman–Crippen LogP) is 2.33. The largest absolute Gasteiger partial charge is 0.465 e. The Morgan fingerprint density at radius 1 is 1.10 bits per heavy atom. The van der Waals surface area contributed by atoms with Crippen molar-refractivity contribution in [1.82, 2.24) is 9.80 Å². The van der Waals surface area contributed by atoms with E-state index in [1.54, 1.807) is 52.0 Å². The molecule has 1 aliphatic heterocycles. The van der Waals surface area contributed by atoms with Gasteiger partial charge >= 0.3 is 24.1 Å². The second-order valence-electron chi connectivity index (χ2n) is 7.43. The van der Waals surface area contributed by atoms with Crippen LogP contribution in [0.4, 0.5) is 9.59 Å². The molecule has 0 saturated carbocycles. The van der Waals surface area contributed by atoms with Crippen LogP contribution in [0, 0.1) is 0 Å². The summed E-state index contributed by atoms with van der Waals surface area (Å²) in [5, 5.41) is 0. The van der Waals surface area contributed by atoms with Crippen molar-refractivity contribution in [3.8, 4) is 0 Å². The number of hydrogen-bond donors (Lipinski definition) is 0. The van der Waals surface area contributed by atoms with Crippen LogP contribution >= 0.6 is 0 Å². The number of imide groups is 1. The van der Waals surface area contributed by atoms with Crippen molar-refractivity contribution in [1.29, 1.82) is 0 Å². The van der Waals surface area contributed by atoms with E-state index in [0.717, 1.165) is 10.5 Å². The third-order valence-corrected chi connectivity index (χ3v) is 3.89. The third kappa shape index (κ3) is 6.20. The first-order chi connectivity index (χ1) is 13.6. The monoisotopic (exact) mass is 406 g/mol. The number of esters is 2. The fourth-order valence-corrected chi connectivity index (χ4v) is 2.69.